The maximum atomic E-state index is 11.5. The number of imidazole rings is 1. The van der Waals surface area contributed by atoms with E-state index in [9.17, 15) is 14.9 Å². The fourth-order valence-corrected chi connectivity index (χ4v) is 2.42. The van der Waals surface area contributed by atoms with E-state index in [1.165, 1.54) is 0 Å². The van der Waals surface area contributed by atoms with Crippen LogP contribution in [0.5, 0.6) is 5.75 Å². The number of rotatable bonds is 3. The topological polar surface area (TPSA) is 84.6 Å². The van der Waals surface area contributed by atoms with Crippen LogP contribution in [-0.4, -0.2) is 32.8 Å². The van der Waals surface area contributed by atoms with E-state index in [0.29, 0.717) is 24.8 Å². The normalized spacial score (nSPS) is 13.8. The van der Waals surface area contributed by atoms with Crippen LogP contribution < -0.4 is 4.65 Å². The number of aromatic carboxylic acids is 1. The second kappa shape index (κ2) is 5.01. The lowest BCUT2D eigenvalue weighted by molar-refractivity contribution is 0.0693. The predicted molar refractivity (Wildman–Crippen MR) is 71.8 cm³/mol. The van der Waals surface area contributed by atoms with Gasteiger partial charge in [0.05, 0.1) is 6.33 Å². The van der Waals surface area contributed by atoms with E-state index in [2.05, 4.69) is 4.98 Å². The van der Waals surface area contributed by atoms with Crippen LogP contribution in [0, 0.1) is 0 Å². The average Bonchev–Trinajstić information content (AvgIpc) is 2.90. The van der Waals surface area contributed by atoms with Crippen LogP contribution in [0.2, 0.25) is 6.32 Å². The van der Waals surface area contributed by atoms with E-state index in [4.69, 9.17) is 4.65 Å². The Balaban J connectivity index is 2.06. The molecule has 1 aromatic heterocycles. The first-order valence-electron chi connectivity index (χ1n) is 6.33. The maximum Gasteiger partial charge on any atom is 0.522 e. The molecule has 0 spiro atoms. The molecule has 2 heterocycles. The molecule has 0 unspecified atom stereocenters. The van der Waals surface area contributed by atoms with E-state index in [1.807, 2.05) is 6.07 Å². The smallest absolute Gasteiger partial charge is 0.522 e. The Labute approximate surface area is 115 Å². The molecule has 7 heteroatoms. The molecule has 1 aromatic carbocycles. The Morgan fingerprint density at radius 3 is 3.05 bits per heavy atom. The highest BCUT2D eigenvalue weighted by Crippen LogP contribution is 2.33. The van der Waals surface area contributed by atoms with Gasteiger partial charge in [0, 0.05) is 18.9 Å². The van der Waals surface area contributed by atoms with Gasteiger partial charge in [-0.3, -0.25) is 0 Å². The number of hydrogen-bond donors (Lipinski definition) is 2. The lowest BCUT2D eigenvalue weighted by Crippen LogP contribution is -2.28. The molecule has 0 aliphatic carbocycles. The molecule has 0 atom stereocenters. The Kier molecular flexibility index (Phi) is 3.19. The zero-order valence-electron chi connectivity index (χ0n) is 10.7. The molecule has 0 bridgehead atoms. The van der Waals surface area contributed by atoms with Gasteiger partial charge in [0.25, 0.3) is 0 Å². The van der Waals surface area contributed by atoms with Crippen LogP contribution in [-0.2, 0) is 13.0 Å². The van der Waals surface area contributed by atoms with Crippen molar-refractivity contribution in [1.82, 2.24) is 9.55 Å². The van der Waals surface area contributed by atoms with Crippen molar-refractivity contribution in [1.29, 1.82) is 0 Å². The molecule has 0 fully saturated rings. The van der Waals surface area contributed by atoms with Gasteiger partial charge in [0.2, 0.25) is 0 Å². The van der Waals surface area contributed by atoms with Crippen molar-refractivity contribution in [3.63, 3.8) is 0 Å². The highest BCUT2D eigenvalue weighted by atomic mass is 16.5. The first-order chi connectivity index (χ1) is 9.65. The Morgan fingerprint density at radius 2 is 2.35 bits per heavy atom. The summed E-state index contributed by atoms with van der Waals surface area (Å²) in [5.74, 6) is -0.764. The highest BCUT2D eigenvalue weighted by molar-refractivity contribution is 6.44. The molecule has 102 valence electrons. The average molecular weight is 272 g/mol. The standard InChI is InChI=1S/C13H13BN2O4/c17-13(18)11-10(7-16-6-5-15-8-16)2-1-9-3-4-14(19)20-12(9)11/h1-2,5-6,8,19H,3-4,7H2,(H,17,18). The lowest BCUT2D eigenvalue weighted by Gasteiger charge is -2.23. The molecule has 1 aliphatic rings. The maximum absolute atomic E-state index is 11.5. The summed E-state index contributed by atoms with van der Waals surface area (Å²) in [5.41, 5.74) is 1.57. The molecule has 3 rings (SSSR count). The highest BCUT2D eigenvalue weighted by Gasteiger charge is 2.29. The summed E-state index contributed by atoms with van der Waals surface area (Å²) in [5, 5.41) is 19.0. The molecule has 0 saturated carbocycles. The van der Waals surface area contributed by atoms with Gasteiger partial charge in [-0.05, 0) is 23.9 Å². The number of carboxylic acids is 1. The van der Waals surface area contributed by atoms with Crippen molar-refractivity contribution in [2.45, 2.75) is 19.3 Å². The second-order valence-corrected chi connectivity index (χ2v) is 4.74. The minimum atomic E-state index is -1.05. The first kappa shape index (κ1) is 12.7. The van der Waals surface area contributed by atoms with Crippen molar-refractivity contribution in [2.24, 2.45) is 0 Å². The predicted octanol–water partition coefficient (Wildman–Crippen LogP) is 1.04. The van der Waals surface area contributed by atoms with Crippen LogP contribution in [0.1, 0.15) is 21.5 Å². The third kappa shape index (κ3) is 2.27. The van der Waals surface area contributed by atoms with Gasteiger partial charge in [-0.1, -0.05) is 12.1 Å². The second-order valence-electron chi connectivity index (χ2n) is 4.74. The van der Waals surface area contributed by atoms with Crippen molar-refractivity contribution < 1.29 is 19.6 Å². The van der Waals surface area contributed by atoms with Gasteiger partial charge in [-0.25, -0.2) is 9.78 Å². The monoisotopic (exact) mass is 272 g/mol. The molecule has 20 heavy (non-hydrogen) atoms. The fraction of sp³-hybridized carbons (Fsp3) is 0.231. The van der Waals surface area contributed by atoms with Gasteiger partial charge in [0.15, 0.2) is 0 Å². The van der Waals surface area contributed by atoms with E-state index in [1.54, 1.807) is 29.4 Å². The summed E-state index contributed by atoms with van der Waals surface area (Å²) in [6.45, 7) is 0.397. The zero-order chi connectivity index (χ0) is 14.1. The Hall–Kier alpha value is -2.28. The fourth-order valence-electron chi connectivity index (χ4n) is 2.42. The molecular formula is C13H13BN2O4. The summed E-state index contributed by atoms with van der Waals surface area (Å²) >= 11 is 0. The Morgan fingerprint density at radius 1 is 1.50 bits per heavy atom. The van der Waals surface area contributed by atoms with Crippen LogP contribution in [0.4, 0.5) is 0 Å². The quantitative estimate of drug-likeness (QED) is 0.815. The molecule has 2 N–H and O–H groups in total. The number of carboxylic acid groups (broad SMARTS) is 1. The van der Waals surface area contributed by atoms with Crippen molar-refractivity contribution >= 4 is 13.1 Å². The van der Waals surface area contributed by atoms with Gasteiger partial charge < -0.3 is 19.4 Å². The summed E-state index contributed by atoms with van der Waals surface area (Å²) in [4.78, 5) is 15.5. The lowest BCUT2D eigenvalue weighted by atomic mass is 9.78. The van der Waals surface area contributed by atoms with Crippen LogP contribution in [0.25, 0.3) is 0 Å². The largest absolute Gasteiger partial charge is 0.535 e. The zero-order valence-corrected chi connectivity index (χ0v) is 10.7. The van der Waals surface area contributed by atoms with Crippen molar-refractivity contribution in [3.05, 3.63) is 47.5 Å². The Bertz CT molecular complexity index is 642. The number of aryl methyl sites for hydroxylation is 1. The van der Waals surface area contributed by atoms with Gasteiger partial charge >= 0.3 is 13.1 Å². The number of nitrogens with zero attached hydrogens (tertiary/aromatic N) is 2. The molecule has 0 saturated heterocycles. The van der Waals surface area contributed by atoms with Crippen LogP contribution >= 0.6 is 0 Å². The number of fused-ring (bicyclic) bond motifs is 1. The van der Waals surface area contributed by atoms with Crippen molar-refractivity contribution in [2.75, 3.05) is 0 Å². The SMILES string of the molecule is O=C(O)c1c(Cn2ccnc2)ccc2c1OB(O)CC2. The van der Waals surface area contributed by atoms with E-state index >= 15 is 0 Å². The third-order valence-corrected chi connectivity index (χ3v) is 3.37. The summed E-state index contributed by atoms with van der Waals surface area (Å²) in [7, 11) is -0.941. The number of benzene rings is 1. The van der Waals surface area contributed by atoms with E-state index in [0.717, 1.165) is 5.56 Å². The van der Waals surface area contributed by atoms with Crippen molar-refractivity contribution in [3.8, 4) is 5.75 Å². The van der Waals surface area contributed by atoms with Crippen LogP contribution in [0.15, 0.2) is 30.9 Å². The molecule has 1 aliphatic heterocycles. The summed E-state index contributed by atoms with van der Waals surface area (Å²) in [6.07, 6.45) is 6.12. The third-order valence-electron chi connectivity index (χ3n) is 3.37. The van der Waals surface area contributed by atoms with Gasteiger partial charge in [-0.15, -0.1) is 0 Å². The van der Waals surface area contributed by atoms with Gasteiger partial charge in [0.1, 0.15) is 11.3 Å². The van der Waals surface area contributed by atoms with Crippen LogP contribution in [0.3, 0.4) is 0 Å². The molecule has 6 nitrogen and oxygen atoms in total. The number of hydrogen-bond acceptors (Lipinski definition) is 4. The number of aromatic nitrogens is 2. The molecule has 0 amide bonds. The molecule has 0 radical (unpaired) electrons. The number of carbonyl (C=O) groups is 1. The minimum Gasteiger partial charge on any atom is -0.535 e. The minimum absolute atomic E-state index is 0.120. The molecule has 2 aromatic rings. The van der Waals surface area contributed by atoms with E-state index in [-0.39, 0.29) is 11.3 Å². The summed E-state index contributed by atoms with van der Waals surface area (Å²) in [6, 6.07) is 3.66. The van der Waals surface area contributed by atoms with Gasteiger partial charge in [-0.2, -0.15) is 0 Å². The molecular weight excluding hydrogens is 259 g/mol. The first-order valence-corrected chi connectivity index (χ1v) is 6.33. The van der Waals surface area contributed by atoms with E-state index < -0.39 is 13.1 Å². The summed E-state index contributed by atoms with van der Waals surface area (Å²) < 4.78 is 7.12.